The predicted octanol–water partition coefficient (Wildman–Crippen LogP) is 5.66. The van der Waals surface area contributed by atoms with Gasteiger partial charge in [-0.05, 0) is 69.5 Å². The Morgan fingerprint density at radius 1 is 0.848 bits per heavy atom. The molecule has 0 saturated heterocycles. The highest BCUT2D eigenvalue weighted by Gasteiger charge is 2.20. The average Bonchev–Trinajstić information content (AvgIpc) is 2.84. The molecule has 0 saturated carbocycles. The first-order chi connectivity index (χ1) is 16.0. The minimum atomic E-state index is 0.0488. The number of fused-ring (bicyclic) bond motifs is 2. The molecule has 1 aliphatic heterocycles. The van der Waals surface area contributed by atoms with Crippen LogP contribution in [0.1, 0.15) is 38.8 Å². The number of hydrogen-bond donors (Lipinski definition) is 1. The molecule has 172 valence electrons. The first-order valence-corrected chi connectivity index (χ1v) is 12.1. The molecule has 4 nitrogen and oxygen atoms in total. The van der Waals surface area contributed by atoms with Gasteiger partial charge in [-0.25, -0.2) is 4.58 Å². The molecule has 0 fully saturated rings. The van der Waals surface area contributed by atoms with Crippen LogP contribution < -0.4 is 14.8 Å². The Balaban J connectivity index is 2.09. The van der Waals surface area contributed by atoms with Gasteiger partial charge in [0.1, 0.15) is 24.4 Å². The SMILES string of the molecule is CCN(CC)c1ccc2c(-c3ccc(CO)cc3C)c3ccc(=[N+](CC)CC)cc-3oc2c1. The van der Waals surface area contributed by atoms with E-state index in [1.807, 2.05) is 6.07 Å². The minimum Gasteiger partial charge on any atom is -0.456 e. The Morgan fingerprint density at radius 3 is 2.21 bits per heavy atom. The molecule has 4 heteroatoms. The quantitative estimate of drug-likeness (QED) is 0.296. The standard InChI is InChI=1S/C29H35N2O2/c1-6-30(7-2)22-11-14-25-27(17-22)33-28-18-23(31(8-3)9-4)12-15-26(28)29(25)24-13-10-21(19-32)16-20(24)5/h10-18,32H,6-9,19H2,1-5H3/q+1. The lowest BCUT2D eigenvalue weighted by Gasteiger charge is -2.22. The number of benzene rings is 3. The van der Waals surface area contributed by atoms with E-state index in [1.165, 1.54) is 22.2 Å². The van der Waals surface area contributed by atoms with E-state index < -0.39 is 0 Å². The van der Waals surface area contributed by atoms with Gasteiger partial charge in [0.05, 0.1) is 12.7 Å². The second-order valence-corrected chi connectivity index (χ2v) is 8.49. The maximum atomic E-state index is 9.60. The Kier molecular flexibility index (Phi) is 6.85. The van der Waals surface area contributed by atoms with Crippen molar-refractivity contribution in [1.82, 2.24) is 4.58 Å². The smallest absolute Gasteiger partial charge is 0.203 e. The molecule has 2 aliphatic rings. The van der Waals surface area contributed by atoms with E-state index in [2.05, 4.69) is 92.6 Å². The fraction of sp³-hybridized carbons (Fsp3) is 0.345. The van der Waals surface area contributed by atoms with Gasteiger partial charge in [-0.15, -0.1) is 0 Å². The first-order valence-electron chi connectivity index (χ1n) is 12.1. The summed E-state index contributed by atoms with van der Waals surface area (Å²) in [6, 6.07) is 19.3. The van der Waals surface area contributed by atoms with E-state index in [-0.39, 0.29) is 6.61 Å². The van der Waals surface area contributed by atoms with Crippen molar-refractivity contribution in [2.24, 2.45) is 0 Å². The molecule has 33 heavy (non-hydrogen) atoms. The summed E-state index contributed by atoms with van der Waals surface area (Å²) in [7, 11) is 0. The predicted molar refractivity (Wildman–Crippen MR) is 139 cm³/mol. The van der Waals surface area contributed by atoms with Gasteiger partial charge < -0.3 is 14.4 Å². The molecular formula is C29H35N2O2+. The van der Waals surface area contributed by atoms with Gasteiger partial charge in [0.25, 0.3) is 0 Å². The van der Waals surface area contributed by atoms with Crippen LogP contribution in [0.4, 0.5) is 5.69 Å². The summed E-state index contributed by atoms with van der Waals surface area (Å²) in [4.78, 5) is 2.34. The van der Waals surface area contributed by atoms with Gasteiger partial charge in [-0.1, -0.05) is 18.2 Å². The number of aliphatic hydroxyl groups excluding tert-OH is 1. The molecule has 0 radical (unpaired) electrons. The number of nitrogens with zero attached hydrogens (tertiary/aromatic N) is 2. The van der Waals surface area contributed by atoms with Crippen LogP contribution >= 0.6 is 0 Å². The molecule has 0 atom stereocenters. The molecule has 0 aromatic heterocycles. The lowest BCUT2D eigenvalue weighted by atomic mass is 9.90. The zero-order chi connectivity index (χ0) is 23.5. The highest BCUT2D eigenvalue weighted by atomic mass is 16.3. The van der Waals surface area contributed by atoms with Crippen molar-refractivity contribution < 1.29 is 9.52 Å². The second-order valence-electron chi connectivity index (χ2n) is 8.49. The fourth-order valence-corrected chi connectivity index (χ4v) is 4.83. The van der Waals surface area contributed by atoms with Gasteiger partial charge in [0.2, 0.25) is 5.36 Å². The van der Waals surface area contributed by atoms with Crippen LogP contribution in [0.3, 0.4) is 0 Å². The summed E-state index contributed by atoms with van der Waals surface area (Å²) >= 11 is 0. The molecule has 1 N–H and O–H groups in total. The van der Waals surface area contributed by atoms with Crippen LogP contribution in [-0.2, 0) is 6.61 Å². The zero-order valence-corrected chi connectivity index (χ0v) is 20.5. The van der Waals surface area contributed by atoms with Crippen LogP contribution in [-0.4, -0.2) is 31.3 Å². The van der Waals surface area contributed by atoms with Crippen molar-refractivity contribution in [1.29, 1.82) is 0 Å². The summed E-state index contributed by atoms with van der Waals surface area (Å²) in [5.41, 5.74) is 7.61. The lowest BCUT2D eigenvalue weighted by Crippen LogP contribution is -2.29. The van der Waals surface area contributed by atoms with Gasteiger partial charge in [-0.3, -0.25) is 0 Å². The Hall–Kier alpha value is -3.11. The summed E-state index contributed by atoms with van der Waals surface area (Å²) in [6.07, 6.45) is 0. The van der Waals surface area contributed by atoms with Gasteiger partial charge in [0.15, 0.2) is 0 Å². The van der Waals surface area contributed by atoms with Crippen LogP contribution in [0.5, 0.6) is 0 Å². The number of rotatable bonds is 7. The molecule has 0 spiro atoms. The molecule has 2 aromatic rings. The number of hydrogen-bond acceptors (Lipinski definition) is 3. The third-order valence-corrected chi connectivity index (χ3v) is 6.69. The minimum absolute atomic E-state index is 0.0488. The van der Waals surface area contributed by atoms with Crippen molar-refractivity contribution in [3.63, 3.8) is 0 Å². The Bertz CT molecular complexity index is 1310. The third kappa shape index (κ3) is 4.28. The summed E-state index contributed by atoms with van der Waals surface area (Å²) < 4.78 is 8.90. The van der Waals surface area contributed by atoms with Gasteiger partial charge in [0, 0.05) is 47.4 Å². The molecule has 0 unspecified atom stereocenters. The van der Waals surface area contributed by atoms with E-state index in [0.29, 0.717) is 0 Å². The number of anilines is 1. The maximum Gasteiger partial charge on any atom is 0.203 e. The molecule has 2 aromatic carbocycles. The van der Waals surface area contributed by atoms with E-state index >= 15 is 0 Å². The summed E-state index contributed by atoms with van der Waals surface area (Å²) in [6.45, 7) is 14.7. The van der Waals surface area contributed by atoms with Crippen LogP contribution in [0.25, 0.3) is 33.4 Å². The van der Waals surface area contributed by atoms with Crippen molar-refractivity contribution in [3.05, 3.63) is 71.1 Å². The van der Waals surface area contributed by atoms with E-state index in [4.69, 9.17) is 4.42 Å². The Morgan fingerprint density at radius 2 is 1.58 bits per heavy atom. The molecule has 4 rings (SSSR count). The van der Waals surface area contributed by atoms with E-state index in [9.17, 15) is 5.11 Å². The van der Waals surface area contributed by atoms with E-state index in [0.717, 1.165) is 59.6 Å². The first kappa shape index (κ1) is 23.1. The largest absolute Gasteiger partial charge is 0.456 e. The fourth-order valence-electron chi connectivity index (χ4n) is 4.83. The maximum absolute atomic E-state index is 9.60. The van der Waals surface area contributed by atoms with Crippen molar-refractivity contribution >= 4 is 16.7 Å². The monoisotopic (exact) mass is 443 g/mol. The van der Waals surface area contributed by atoms with Crippen LogP contribution in [0, 0.1) is 6.92 Å². The molecular weight excluding hydrogens is 408 g/mol. The van der Waals surface area contributed by atoms with Crippen molar-refractivity contribution in [3.8, 4) is 22.5 Å². The average molecular weight is 444 g/mol. The highest BCUT2D eigenvalue weighted by Crippen LogP contribution is 2.42. The van der Waals surface area contributed by atoms with E-state index in [1.54, 1.807) is 0 Å². The van der Waals surface area contributed by atoms with Gasteiger partial charge >= 0.3 is 0 Å². The highest BCUT2D eigenvalue weighted by molar-refractivity contribution is 6.03. The third-order valence-electron chi connectivity index (χ3n) is 6.69. The zero-order valence-electron chi connectivity index (χ0n) is 20.5. The second kappa shape index (κ2) is 9.80. The number of aliphatic hydroxyl groups is 1. The summed E-state index contributed by atoms with van der Waals surface area (Å²) in [5.74, 6) is 0.893. The molecule has 1 heterocycles. The molecule has 0 amide bonds. The summed E-state index contributed by atoms with van der Waals surface area (Å²) in [5, 5.41) is 11.9. The number of aryl methyl sites for hydroxylation is 1. The van der Waals surface area contributed by atoms with Crippen molar-refractivity contribution in [2.75, 3.05) is 31.1 Å². The Labute approximate surface area is 196 Å². The molecule has 1 aliphatic carbocycles. The van der Waals surface area contributed by atoms with Crippen LogP contribution in [0.15, 0.2) is 59.0 Å². The van der Waals surface area contributed by atoms with Gasteiger partial charge in [-0.2, -0.15) is 0 Å². The molecule has 0 bridgehead atoms. The van der Waals surface area contributed by atoms with Crippen LogP contribution in [0.2, 0.25) is 0 Å². The lowest BCUT2D eigenvalue weighted by molar-refractivity contribution is 0.282. The normalized spacial score (nSPS) is 11.3. The van der Waals surface area contributed by atoms with Crippen molar-refractivity contribution in [2.45, 2.75) is 41.2 Å². The topological polar surface area (TPSA) is 39.6 Å².